The van der Waals surface area contributed by atoms with E-state index in [0.29, 0.717) is 18.2 Å². The van der Waals surface area contributed by atoms with E-state index in [-0.39, 0.29) is 11.9 Å². The van der Waals surface area contributed by atoms with Crippen molar-refractivity contribution in [2.45, 2.75) is 25.8 Å². The second kappa shape index (κ2) is 7.00. The van der Waals surface area contributed by atoms with Gasteiger partial charge in [-0.05, 0) is 49.7 Å². The molecule has 0 radical (unpaired) electrons. The van der Waals surface area contributed by atoms with Crippen LogP contribution >= 0.6 is 0 Å². The summed E-state index contributed by atoms with van der Waals surface area (Å²) in [7, 11) is 0. The Morgan fingerprint density at radius 2 is 1.85 bits per heavy atom. The van der Waals surface area contributed by atoms with Crippen molar-refractivity contribution in [3.63, 3.8) is 0 Å². The third kappa shape index (κ3) is 3.31. The van der Waals surface area contributed by atoms with Crippen molar-refractivity contribution in [1.29, 1.82) is 0 Å². The number of benzene rings is 2. The highest BCUT2D eigenvalue weighted by Gasteiger charge is 2.21. The van der Waals surface area contributed by atoms with Crippen molar-refractivity contribution in [2.75, 3.05) is 16.8 Å². The lowest BCUT2D eigenvalue weighted by Gasteiger charge is -2.17. The van der Waals surface area contributed by atoms with E-state index in [1.165, 1.54) is 0 Å². The molecule has 0 bridgehead atoms. The Morgan fingerprint density at radius 3 is 2.54 bits per heavy atom. The van der Waals surface area contributed by atoms with E-state index in [1.807, 2.05) is 66.4 Å². The van der Waals surface area contributed by atoms with E-state index in [2.05, 4.69) is 15.5 Å². The van der Waals surface area contributed by atoms with Gasteiger partial charge >= 0.3 is 0 Å². The van der Waals surface area contributed by atoms with Crippen LogP contribution in [0.5, 0.6) is 0 Å². The minimum absolute atomic E-state index is 0.126. The number of amides is 1. The summed E-state index contributed by atoms with van der Waals surface area (Å²) in [4.78, 5) is 13.7. The number of hydrogen-bond acceptors (Lipinski definition) is 5. The molecule has 0 saturated carbocycles. The van der Waals surface area contributed by atoms with Gasteiger partial charge in [-0.2, -0.15) is 0 Å². The van der Waals surface area contributed by atoms with Crippen LogP contribution < -0.4 is 10.2 Å². The molecule has 1 saturated heterocycles. The van der Waals surface area contributed by atoms with E-state index in [0.717, 1.165) is 29.9 Å². The Labute approximate surface area is 151 Å². The molecule has 1 aromatic heterocycles. The van der Waals surface area contributed by atoms with Gasteiger partial charge in [0.15, 0.2) is 0 Å². The highest BCUT2D eigenvalue weighted by Crippen LogP contribution is 2.26. The van der Waals surface area contributed by atoms with E-state index < -0.39 is 0 Å². The molecule has 1 amide bonds. The van der Waals surface area contributed by atoms with Gasteiger partial charge in [-0.3, -0.25) is 4.79 Å². The van der Waals surface area contributed by atoms with Crippen LogP contribution in [-0.4, -0.2) is 22.6 Å². The zero-order chi connectivity index (χ0) is 17.9. The van der Waals surface area contributed by atoms with Gasteiger partial charge in [-0.1, -0.05) is 18.2 Å². The number of hydrogen-bond donors (Lipinski definition) is 1. The summed E-state index contributed by atoms with van der Waals surface area (Å²) in [5.41, 5.74) is 2.78. The van der Waals surface area contributed by atoms with Gasteiger partial charge in [0, 0.05) is 29.9 Å². The molecule has 1 aliphatic rings. The van der Waals surface area contributed by atoms with Gasteiger partial charge in [0.1, 0.15) is 6.04 Å². The topological polar surface area (TPSA) is 71.3 Å². The molecule has 3 aromatic rings. The fourth-order valence-corrected chi connectivity index (χ4v) is 3.08. The van der Waals surface area contributed by atoms with Crippen molar-refractivity contribution in [3.8, 4) is 11.5 Å². The molecule has 2 heterocycles. The molecule has 1 N–H and O–H groups in total. The third-order valence-electron chi connectivity index (χ3n) is 4.47. The van der Waals surface area contributed by atoms with Gasteiger partial charge in [0.05, 0.1) is 0 Å². The van der Waals surface area contributed by atoms with Gasteiger partial charge < -0.3 is 14.6 Å². The second-order valence-electron chi connectivity index (χ2n) is 6.37. The van der Waals surface area contributed by atoms with Crippen LogP contribution in [0.15, 0.2) is 59.0 Å². The Morgan fingerprint density at radius 1 is 1.08 bits per heavy atom. The summed E-state index contributed by atoms with van der Waals surface area (Å²) in [6.45, 7) is 2.77. The largest absolute Gasteiger partial charge is 0.418 e. The van der Waals surface area contributed by atoms with Crippen LogP contribution in [0.4, 0.5) is 11.4 Å². The van der Waals surface area contributed by atoms with E-state index >= 15 is 0 Å². The number of carbonyl (C=O) groups is 1. The molecule has 6 heteroatoms. The van der Waals surface area contributed by atoms with Crippen molar-refractivity contribution in [2.24, 2.45) is 0 Å². The zero-order valence-corrected chi connectivity index (χ0v) is 14.6. The van der Waals surface area contributed by atoms with E-state index in [4.69, 9.17) is 4.42 Å². The highest BCUT2D eigenvalue weighted by atomic mass is 16.4. The predicted molar refractivity (Wildman–Crippen MR) is 99.8 cm³/mol. The molecular formula is C20H20N4O2. The van der Waals surface area contributed by atoms with Crippen molar-refractivity contribution >= 4 is 17.3 Å². The predicted octanol–water partition coefficient (Wildman–Crippen LogP) is 4.04. The number of rotatable bonds is 5. The smallest absolute Gasteiger partial charge is 0.247 e. The summed E-state index contributed by atoms with van der Waals surface area (Å²) in [5.74, 6) is 1.23. The number of carbonyl (C=O) groups excluding carboxylic acids is 1. The lowest BCUT2D eigenvalue weighted by Crippen LogP contribution is -2.23. The van der Waals surface area contributed by atoms with Crippen LogP contribution in [-0.2, 0) is 4.79 Å². The zero-order valence-electron chi connectivity index (χ0n) is 14.6. The molecular weight excluding hydrogens is 328 g/mol. The van der Waals surface area contributed by atoms with E-state index in [1.54, 1.807) is 0 Å². The molecule has 1 aliphatic heterocycles. The summed E-state index contributed by atoms with van der Waals surface area (Å²) < 4.78 is 5.79. The van der Waals surface area contributed by atoms with Crippen LogP contribution in [0.3, 0.4) is 0 Å². The highest BCUT2D eigenvalue weighted by molar-refractivity contribution is 5.95. The fraction of sp³-hybridized carbons (Fsp3) is 0.250. The molecule has 1 atom stereocenters. The number of nitrogens with one attached hydrogen (secondary N) is 1. The molecule has 4 rings (SSSR count). The summed E-state index contributed by atoms with van der Waals surface area (Å²) in [6, 6.07) is 17.4. The maximum Gasteiger partial charge on any atom is 0.247 e. The lowest BCUT2D eigenvalue weighted by atomic mass is 10.2. The summed E-state index contributed by atoms with van der Waals surface area (Å²) in [5, 5.41) is 11.6. The monoisotopic (exact) mass is 348 g/mol. The van der Waals surface area contributed by atoms with Crippen LogP contribution in [0, 0.1) is 0 Å². The molecule has 1 fully saturated rings. The van der Waals surface area contributed by atoms with E-state index in [9.17, 15) is 4.79 Å². The van der Waals surface area contributed by atoms with Gasteiger partial charge in [-0.25, -0.2) is 0 Å². The minimum atomic E-state index is -0.126. The molecule has 6 nitrogen and oxygen atoms in total. The Balaban J connectivity index is 1.44. The third-order valence-corrected chi connectivity index (χ3v) is 4.47. The molecule has 2 aromatic carbocycles. The maximum atomic E-state index is 11.8. The van der Waals surface area contributed by atoms with Crippen LogP contribution in [0.2, 0.25) is 0 Å². The Hall–Kier alpha value is -3.15. The average Bonchev–Trinajstić information content (AvgIpc) is 3.32. The molecule has 1 unspecified atom stereocenters. The van der Waals surface area contributed by atoms with Crippen molar-refractivity contribution in [1.82, 2.24) is 10.2 Å². The molecule has 26 heavy (non-hydrogen) atoms. The van der Waals surface area contributed by atoms with Gasteiger partial charge in [0.2, 0.25) is 17.7 Å². The first-order valence-electron chi connectivity index (χ1n) is 8.76. The number of aromatic nitrogens is 2. The van der Waals surface area contributed by atoms with Crippen LogP contribution in [0.1, 0.15) is 31.7 Å². The standard InChI is InChI=1S/C20H20N4O2/c1-14(19-22-23-20(26-19)15-6-3-2-4-7-15)21-16-9-11-17(12-10-16)24-13-5-8-18(24)25/h2-4,6-7,9-12,14,21H,5,8,13H2,1H3. The maximum absolute atomic E-state index is 11.8. The number of anilines is 2. The normalized spacial score (nSPS) is 15.3. The van der Waals surface area contributed by atoms with Crippen LogP contribution in [0.25, 0.3) is 11.5 Å². The first-order chi connectivity index (χ1) is 12.7. The van der Waals surface area contributed by atoms with Crippen molar-refractivity contribution < 1.29 is 9.21 Å². The minimum Gasteiger partial charge on any atom is -0.418 e. The quantitative estimate of drug-likeness (QED) is 0.753. The lowest BCUT2D eigenvalue weighted by molar-refractivity contribution is -0.117. The summed E-state index contributed by atoms with van der Waals surface area (Å²) >= 11 is 0. The second-order valence-corrected chi connectivity index (χ2v) is 6.37. The van der Waals surface area contributed by atoms with Crippen molar-refractivity contribution in [3.05, 3.63) is 60.5 Å². The first kappa shape index (κ1) is 16.3. The molecule has 132 valence electrons. The fourth-order valence-electron chi connectivity index (χ4n) is 3.08. The summed E-state index contributed by atoms with van der Waals surface area (Å²) in [6.07, 6.45) is 1.56. The number of nitrogens with zero attached hydrogens (tertiary/aromatic N) is 3. The van der Waals surface area contributed by atoms with Gasteiger partial charge in [0.25, 0.3) is 0 Å². The average molecular weight is 348 g/mol. The SMILES string of the molecule is CC(Nc1ccc(N2CCCC2=O)cc1)c1nnc(-c2ccccc2)o1. The Bertz CT molecular complexity index is 890. The Kier molecular flexibility index (Phi) is 4.39. The first-order valence-corrected chi connectivity index (χ1v) is 8.76. The molecule has 0 aliphatic carbocycles. The molecule has 0 spiro atoms. The van der Waals surface area contributed by atoms with Gasteiger partial charge in [-0.15, -0.1) is 10.2 Å².